The van der Waals surface area contributed by atoms with E-state index in [1.165, 1.54) is 13.0 Å². The summed E-state index contributed by atoms with van der Waals surface area (Å²) in [5.41, 5.74) is 0.968. The van der Waals surface area contributed by atoms with Gasteiger partial charge in [0.2, 0.25) is 0 Å². The predicted octanol–water partition coefficient (Wildman–Crippen LogP) is 2.27. The van der Waals surface area contributed by atoms with Crippen LogP contribution >= 0.6 is 0 Å². The summed E-state index contributed by atoms with van der Waals surface area (Å²) in [5, 5.41) is 0. The molecule has 0 N–H and O–H groups in total. The van der Waals surface area contributed by atoms with Crippen molar-refractivity contribution in [2.45, 2.75) is 6.92 Å². The highest BCUT2D eigenvalue weighted by atomic mass is 16.7. The van der Waals surface area contributed by atoms with Crippen molar-refractivity contribution >= 4 is 11.9 Å². The highest BCUT2D eigenvalue weighted by Crippen LogP contribution is 2.12. The number of hydrogen-bond acceptors (Lipinski definition) is 3. The summed E-state index contributed by atoms with van der Waals surface area (Å²) in [5.74, 6) is 0.784. The maximum atomic E-state index is 10.7. The summed E-state index contributed by atoms with van der Waals surface area (Å²) in [7, 11) is 1.57. The number of hydrogen-bond donors (Lipinski definition) is 0. The molecule has 0 aliphatic heterocycles. The Labute approximate surface area is 89.3 Å². The zero-order valence-corrected chi connectivity index (χ0v) is 8.90. The van der Waals surface area contributed by atoms with E-state index in [1.54, 1.807) is 13.2 Å². The minimum Gasteiger partial charge on any atom is -0.468 e. The van der Waals surface area contributed by atoms with Gasteiger partial charge in [-0.2, -0.15) is 0 Å². The topological polar surface area (TPSA) is 35.5 Å². The van der Waals surface area contributed by atoms with E-state index in [2.05, 4.69) is 0 Å². The molecule has 0 amide bonds. The number of methoxy groups -OCH3 is 1. The van der Waals surface area contributed by atoms with Gasteiger partial charge in [-0.25, -0.2) is 0 Å². The summed E-state index contributed by atoms with van der Waals surface area (Å²) >= 11 is 0. The Bertz CT molecular complexity index is 338. The molecule has 3 heteroatoms. The molecule has 1 rings (SSSR count). The highest BCUT2D eigenvalue weighted by Gasteiger charge is 1.92. The van der Waals surface area contributed by atoms with Crippen molar-refractivity contribution in [1.82, 2.24) is 0 Å². The first-order valence-electron chi connectivity index (χ1n) is 4.63. The van der Waals surface area contributed by atoms with E-state index >= 15 is 0 Å². The van der Waals surface area contributed by atoms with Gasteiger partial charge in [0, 0.05) is 7.11 Å². The van der Waals surface area contributed by atoms with Crippen LogP contribution in [0.3, 0.4) is 0 Å². The third-order valence-electron chi connectivity index (χ3n) is 1.73. The minimum absolute atomic E-state index is 0.0368. The second-order valence-corrected chi connectivity index (χ2v) is 3.06. The molecule has 0 radical (unpaired) electrons. The average molecular weight is 206 g/mol. The van der Waals surface area contributed by atoms with Crippen LogP contribution in [-0.4, -0.2) is 19.7 Å². The van der Waals surface area contributed by atoms with Crippen molar-refractivity contribution in [1.29, 1.82) is 0 Å². The molecule has 0 aromatic heterocycles. The van der Waals surface area contributed by atoms with E-state index in [-0.39, 0.29) is 12.6 Å². The Hall–Kier alpha value is -1.61. The zero-order valence-electron chi connectivity index (χ0n) is 8.90. The number of carbonyl (C=O) groups excluding carboxylic acids is 1. The van der Waals surface area contributed by atoms with Crippen LogP contribution in [0.2, 0.25) is 0 Å². The molecular weight excluding hydrogens is 192 g/mol. The number of rotatable bonds is 5. The summed E-state index contributed by atoms with van der Waals surface area (Å²) in [6.07, 6.45) is 3.30. The van der Waals surface area contributed by atoms with Crippen LogP contribution in [0.4, 0.5) is 0 Å². The van der Waals surface area contributed by atoms with E-state index in [9.17, 15) is 4.79 Å². The van der Waals surface area contributed by atoms with Crippen molar-refractivity contribution in [3.63, 3.8) is 0 Å². The first-order chi connectivity index (χ1) is 7.22. The number of allylic oxidation sites excluding steroid dienone is 1. The lowest BCUT2D eigenvalue weighted by atomic mass is 10.2. The molecule has 0 unspecified atom stereocenters. The van der Waals surface area contributed by atoms with Crippen molar-refractivity contribution in [2.24, 2.45) is 0 Å². The van der Waals surface area contributed by atoms with Gasteiger partial charge in [0.05, 0.1) is 0 Å². The lowest BCUT2D eigenvalue weighted by Crippen LogP contribution is -1.98. The van der Waals surface area contributed by atoms with E-state index in [0.717, 1.165) is 11.3 Å². The maximum absolute atomic E-state index is 10.7. The van der Waals surface area contributed by atoms with Crippen LogP contribution in [0.15, 0.2) is 30.3 Å². The first kappa shape index (κ1) is 11.5. The summed E-state index contributed by atoms with van der Waals surface area (Å²) < 4.78 is 10.00. The summed E-state index contributed by atoms with van der Waals surface area (Å²) in [6.45, 7) is 1.76. The van der Waals surface area contributed by atoms with Gasteiger partial charge in [-0.15, -0.1) is 0 Å². The Morgan fingerprint density at radius 1 is 1.33 bits per heavy atom. The van der Waals surface area contributed by atoms with E-state index in [1.807, 2.05) is 24.3 Å². The molecule has 0 aliphatic rings. The van der Waals surface area contributed by atoms with E-state index in [0.29, 0.717) is 0 Å². The van der Waals surface area contributed by atoms with Crippen LogP contribution in [0.5, 0.6) is 5.75 Å². The van der Waals surface area contributed by atoms with Crippen LogP contribution in [0, 0.1) is 0 Å². The van der Waals surface area contributed by atoms with Crippen molar-refractivity contribution in [3.8, 4) is 5.75 Å². The fourth-order valence-corrected chi connectivity index (χ4v) is 1.02. The summed E-state index contributed by atoms with van der Waals surface area (Å²) in [6, 6.07) is 7.42. The van der Waals surface area contributed by atoms with Gasteiger partial charge in [-0.1, -0.05) is 18.2 Å². The number of benzene rings is 1. The molecule has 0 heterocycles. The number of ketones is 1. The molecule has 0 saturated heterocycles. The van der Waals surface area contributed by atoms with Gasteiger partial charge in [0.15, 0.2) is 12.6 Å². The Balaban J connectivity index is 2.60. The average Bonchev–Trinajstić information content (AvgIpc) is 2.25. The van der Waals surface area contributed by atoms with Crippen molar-refractivity contribution in [3.05, 3.63) is 35.9 Å². The number of ether oxygens (including phenoxy) is 2. The third kappa shape index (κ3) is 4.42. The third-order valence-corrected chi connectivity index (χ3v) is 1.73. The SMILES string of the molecule is COCOc1ccc(C=CC(C)=O)cc1. The van der Waals surface area contributed by atoms with Crippen LogP contribution < -0.4 is 4.74 Å². The molecule has 3 nitrogen and oxygen atoms in total. The molecule has 1 aromatic carbocycles. The van der Waals surface area contributed by atoms with E-state index < -0.39 is 0 Å². The normalized spacial score (nSPS) is 10.5. The van der Waals surface area contributed by atoms with Crippen molar-refractivity contribution < 1.29 is 14.3 Å². The molecule has 0 fully saturated rings. The molecule has 15 heavy (non-hydrogen) atoms. The molecule has 0 spiro atoms. The second kappa shape index (κ2) is 5.98. The first-order valence-corrected chi connectivity index (χ1v) is 4.63. The fraction of sp³-hybridized carbons (Fsp3) is 0.250. The molecule has 0 atom stereocenters. The molecule has 0 aliphatic carbocycles. The monoisotopic (exact) mass is 206 g/mol. The Morgan fingerprint density at radius 2 is 2.00 bits per heavy atom. The van der Waals surface area contributed by atoms with E-state index in [4.69, 9.17) is 9.47 Å². The van der Waals surface area contributed by atoms with Gasteiger partial charge in [-0.3, -0.25) is 4.79 Å². The maximum Gasteiger partial charge on any atom is 0.188 e. The van der Waals surface area contributed by atoms with Crippen LogP contribution in [0.25, 0.3) is 6.08 Å². The molecule has 0 saturated carbocycles. The molecule has 80 valence electrons. The Morgan fingerprint density at radius 3 is 2.53 bits per heavy atom. The minimum atomic E-state index is 0.0368. The van der Waals surface area contributed by atoms with Crippen molar-refractivity contribution in [2.75, 3.05) is 13.9 Å². The van der Waals surface area contributed by atoms with Gasteiger partial charge in [-0.05, 0) is 30.7 Å². The summed E-state index contributed by atoms with van der Waals surface area (Å²) in [4.78, 5) is 10.7. The lowest BCUT2D eigenvalue weighted by Gasteiger charge is -2.03. The van der Waals surface area contributed by atoms with Gasteiger partial charge >= 0.3 is 0 Å². The smallest absolute Gasteiger partial charge is 0.188 e. The fourth-order valence-electron chi connectivity index (χ4n) is 1.02. The lowest BCUT2D eigenvalue weighted by molar-refractivity contribution is -0.112. The van der Waals surface area contributed by atoms with Gasteiger partial charge < -0.3 is 9.47 Å². The largest absolute Gasteiger partial charge is 0.468 e. The number of carbonyl (C=O) groups is 1. The zero-order chi connectivity index (χ0) is 11.1. The highest BCUT2D eigenvalue weighted by molar-refractivity contribution is 5.91. The molecular formula is C12H14O3. The van der Waals surface area contributed by atoms with Crippen LogP contribution in [-0.2, 0) is 9.53 Å². The van der Waals surface area contributed by atoms with Gasteiger partial charge in [0.25, 0.3) is 0 Å². The molecule has 1 aromatic rings. The predicted molar refractivity (Wildman–Crippen MR) is 58.7 cm³/mol. The second-order valence-electron chi connectivity index (χ2n) is 3.06. The van der Waals surface area contributed by atoms with Crippen LogP contribution in [0.1, 0.15) is 12.5 Å². The quantitative estimate of drug-likeness (QED) is 0.547. The molecule has 0 bridgehead atoms. The standard InChI is InChI=1S/C12H14O3/c1-10(13)3-4-11-5-7-12(8-6-11)15-9-14-2/h3-8H,9H2,1-2H3. The Kier molecular flexibility index (Phi) is 4.57. The van der Waals surface area contributed by atoms with Gasteiger partial charge in [0.1, 0.15) is 5.75 Å².